The smallest absolute Gasteiger partial charge is 0.345 e. The molecule has 0 aliphatic heterocycles. The molecule has 22 heavy (non-hydrogen) atoms. The maximum Gasteiger partial charge on any atom is 0.345 e. The molecule has 0 fully saturated rings. The summed E-state index contributed by atoms with van der Waals surface area (Å²) in [7, 11) is 0. The van der Waals surface area contributed by atoms with E-state index in [2.05, 4.69) is 12.1 Å². The van der Waals surface area contributed by atoms with Crippen LogP contribution in [0.25, 0.3) is 0 Å². The molecule has 3 nitrogen and oxygen atoms in total. The van der Waals surface area contributed by atoms with Gasteiger partial charge >= 0.3 is 5.97 Å². The third-order valence-electron chi connectivity index (χ3n) is 3.77. The summed E-state index contributed by atoms with van der Waals surface area (Å²) in [5, 5.41) is 9.48. The predicted octanol–water partition coefficient (Wildman–Crippen LogP) is 3.99. The van der Waals surface area contributed by atoms with Gasteiger partial charge in [-0.25, -0.2) is 4.79 Å². The largest absolute Gasteiger partial charge is 0.478 e. The Balaban J connectivity index is 2.25. The Bertz CT molecular complexity index is 666. The predicted molar refractivity (Wildman–Crippen MR) is 87.6 cm³/mol. The Kier molecular flexibility index (Phi) is 4.86. The van der Waals surface area contributed by atoms with Crippen LogP contribution in [0.15, 0.2) is 36.4 Å². The van der Waals surface area contributed by atoms with Crippen molar-refractivity contribution in [3.05, 3.63) is 64.2 Å². The van der Waals surface area contributed by atoms with E-state index in [4.69, 9.17) is 4.74 Å². The average molecular weight is 298 g/mol. The van der Waals surface area contributed by atoms with Gasteiger partial charge in [0.15, 0.2) is 6.10 Å². The number of aliphatic carboxylic acids is 1. The fourth-order valence-corrected chi connectivity index (χ4v) is 2.75. The molecule has 0 saturated heterocycles. The fourth-order valence-electron chi connectivity index (χ4n) is 2.75. The number of hydrogen-bond donors (Lipinski definition) is 1. The van der Waals surface area contributed by atoms with E-state index in [0.717, 1.165) is 22.3 Å². The Labute approximate surface area is 131 Å². The summed E-state index contributed by atoms with van der Waals surface area (Å²) in [5.74, 6) is -0.351. The van der Waals surface area contributed by atoms with Gasteiger partial charge in [0.1, 0.15) is 5.75 Å². The number of carbonyl (C=O) groups is 1. The molecule has 0 aliphatic rings. The molecule has 3 heteroatoms. The fraction of sp³-hybridized carbons (Fsp3) is 0.316. The minimum Gasteiger partial charge on any atom is -0.478 e. The summed E-state index contributed by atoms with van der Waals surface area (Å²) in [6.45, 7) is 8.03. The first-order valence-corrected chi connectivity index (χ1v) is 7.39. The van der Waals surface area contributed by atoms with E-state index in [9.17, 15) is 9.90 Å². The molecule has 0 spiro atoms. The number of carboxylic acid groups (broad SMARTS) is 1. The Morgan fingerprint density at radius 3 is 2.23 bits per heavy atom. The monoisotopic (exact) mass is 298 g/mol. The van der Waals surface area contributed by atoms with Crippen LogP contribution < -0.4 is 4.74 Å². The normalized spacial score (nSPS) is 12.0. The maximum absolute atomic E-state index is 11.6. The lowest BCUT2D eigenvalue weighted by atomic mass is 9.95. The molecule has 1 atom stereocenters. The van der Waals surface area contributed by atoms with Gasteiger partial charge in [-0.2, -0.15) is 0 Å². The number of rotatable bonds is 5. The van der Waals surface area contributed by atoms with E-state index < -0.39 is 12.1 Å². The topological polar surface area (TPSA) is 46.5 Å². The van der Waals surface area contributed by atoms with E-state index in [1.807, 2.05) is 45.9 Å². The minimum absolute atomic E-state index is 0.362. The zero-order chi connectivity index (χ0) is 16.3. The van der Waals surface area contributed by atoms with Gasteiger partial charge in [-0.15, -0.1) is 0 Å². The standard InChI is InChI=1S/C19H22O3/c1-12-6-5-7-16(10-12)22-18(19(20)21)11-17-14(3)8-13(2)9-15(17)4/h5-10,18H,11H2,1-4H3,(H,20,21)/t18-/m0/s1. The first kappa shape index (κ1) is 16.1. The molecule has 0 bridgehead atoms. The minimum atomic E-state index is -0.944. The second-order valence-corrected chi connectivity index (χ2v) is 5.84. The first-order valence-electron chi connectivity index (χ1n) is 7.39. The number of aryl methyl sites for hydroxylation is 4. The molecule has 2 rings (SSSR count). The summed E-state index contributed by atoms with van der Waals surface area (Å²) in [6.07, 6.45) is -0.525. The SMILES string of the molecule is Cc1cccc(O[C@@H](Cc2c(C)cc(C)cc2C)C(=O)O)c1. The van der Waals surface area contributed by atoms with Crippen molar-refractivity contribution in [3.8, 4) is 5.75 Å². The van der Waals surface area contributed by atoms with Crippen molar-refractivity contribution in [2.24, 2.45) is 0 Å². The van der Waals surface area contributed by atoms with Gasteiger partial charge < -0.3 is 9.84 Å². The van der Waals surface area contributed by atoms with Crippen LogP contribution in [-0.4, -0.2) is 17.2 Å². The molecular weight excluding hydrogens is 276 g/mol. The van der Waals surface area contributed by atoms with E-state index in [1.165, 1.54) is 5.56 Å². The van der Waals surface area contributed by atoms with Crippen molar-refractivity contribution in [2.75, 3.05) is 0 Å². The lowest BCUT2D eigenvalue weighted by molar-refractivity contribution is -0.145. The van der Waals surface area contributed by atoms with Gasteiger partial charge in [-0.1, -0.05) is 29.8 Å². The van der Waals surface area contributed by atoms with Crippen LogP contribution in [0.4, 0.5) is 0 Å². The van der Waals surface area contributed by atoms with Gasteiger partial charge in [0.05, 0.1) is 0 Å². The Morgan fingerprint density at radius 1 is 1.05 bits per heavy atom. The van der Waals surface area contributed by atoms with Crippen LogP contribution in [0.3, 0.4) is 0 Å². The highest BCUT2D eigenvalue weighted by Crippen LogP contribution is 2.21. The molecule has 1 N–H and O–H groups in total. The van der Waals surface area contributed by atoms with E-state index in [1.54, 1.807) is 6.07 Å². The molecule has 116 valence electrons. The lowest BCUT2D eigenvalue weighted by Crippen LogP contribution is -2.30. The average Bonchev–Trinajstić information content (AvgIpc) is 2.41. The van der Waals surface area contributed by atoms with Crippen LogP contribution in [0.5, 0.6) is 5.75 Å². The van der Waals surface area contributed by atoms with E-state index in [0.29, 0.717) is 12.2 Å². The molecule has 0 amide bonds. The van der Waals surface area contributed by atoms with Crippen molar-refractivity contribution < 1.29 is 14.6 Å². The number of ether oxygens (including phenoxy) is 1. The molecule has 0 aromatic heterocycles. The maximum atomic E-state index is 11.6. The van der Waals surface area contributed by atoms with Crippen LogP contribution in [0, 0.1) is 27.7 Å². The number of benzene rings is 2. The number of carboxylic acids is 1. The van der Waals surface area contributed by atoms with Gasteiger partial charge in [0.25, 0.3) is 0 Å². The van der Waals surface area contributed by atoms with Crippen molar-refractivity contribution in [2.45, 2.75) is 40.2 Å². The lowest BCUT2D eigenvalue weighted by Gasteiger charge is -2.18. The molecule has 0 radical (unpaired) electrons. The number of hydrogen-bond acceptors (Lipinski definition) is 2. The second kappa shape index (κ2) is 6.65. The summed E-state index contributed by atoms with van der Waals surface area (Å²) in [6, 6.07) is 11.6. The quantitative estimate of drug-likeness (QED) is 0.907. The molecule has 0 saturated carbocycles. The van der Waals surface area contributed by atoms with Crippen molar-refractivity contribution in [3.63, 3.8) is 0 Å². The molecule has 2 aromatic rings. The Hall–Kier alpha value is -2.29. The Morgan fingerprint density at radius 2 is 1.68 bits per heavy atom. The van der Waals surface area contributed by atoms with Crippen LogP contribution in [-0.2, 0) is 11.2 Å². The van der Waals surface area contributed by atoms with Gasteiger partial charge in [0, 0.05) is 6.42 Å². The highest BCUT2D eigenvalue weighted by molar-refractivity contribution is 5.73. The van der Waals surface area contributed by atoms with Crippen molar-refractivity contribution in [1.29, 1.82) is 0 Å². The second-order valence-electron chi connectivity index (χ2n) is 5.84. The van der Waals surface area contributed by atoms with E-state index >= 15 is 0 Å². The first-order chi connectivity index (χ1) is 10.4. The van der Waals surface area contributed by atoms with E-state index in [-0.39, 0.29) is 0 Å². The molecule has 0 heterocycles. The third kappa shape index (κ3) is 3.88. The summed E-state index contributed by atoms with van der Waals surface area (Å²) >= 11 is 0. The summed E-state index contributed by atoms with van der Waals surface area (Å²) in [5.41, 5.74) is 5.49. The van der Waals surface area contributed by atoms with Gasteiger partial charge in [-0.3, -0.25) is 0 Å². The molecular formula is C19H22O3. The molecule has 0 aliphatic carbocycles. The van der Waals surface area contributed by atoms with Crippen molar-refractivity contribution in [1.82, 2.24) is 0 Å². The summed E-state index contributed by atoms with van der Waals surface area (Å²) in [4.78, 5) is 11.6. The molecule has 2 aromatic carbocycles. The van der Waals surface area contributed by atoms with Crippen molar-refractivity contribution >= 4 is 5.97 Å². The zero-order valence-corrected chi connectivity index (χ0v) is 13.5. The third-order valence-corrected chi connectivity index (χ3v) is 3.77. The molecule has 0 unspecified atom stereocenters. The van der Waals surface area contributed by atoms with Gasteiger partial charge in [0.2, 0.25) is 0 Å². The van der Waals surface area contributed by atoms with Crippen LogP contribution >= 0.6 is 0 Å². The highest BCUT2D eigenvalue weighted by atomic mass is 16.5. The van der Waals surface area contributed by atoms with Gasteiger partial charge in [-0.05, 0) is 62.1 Å². The summed E-state index contributed by atoms with van der Waals surface area (Å²) < 4.78 is 5.70. The highest BCUT2D eigenvalue weighted by Gasteiger charge is 2.22. The van der Waals surface area contributed by atoms with Crippen LogP contribution in [0.2, 0.25) is 0 Å². The zero-order valence-electron chi connectivity index (χ0n) is 13.5. The van der Waals surface area contributed by atoms with Crippen LogP contribution in [0.1, 0.15) is 27.8 Å².